The van der Waals surface area contributed by atoms with Crippen LogP contribution in [0.2, 0.25) is 0 Å². The van der Waals surface area contributed by atoms with Gasteiger partial charge in [-0.1, -0.05) is 18.2 Å². The molecule has 0 aliphatic heterocycles. The van der Waals surface area contributed by atoms with Gasteiger partial charge < -0.3 is 11.1 Å². The number of benzene rings is 1. The molecule has 0 radical (unpaired) electrons. The van der Waals surface area contributed by atoms with Crippen LogP contribution in [-0.4, -0.2) is 9.97 Å². The molecule has 0 aliphatic rings. The molecule has 0 unspecified atom stereocenters. The summed E-state index contributed by atoms with van der Waals surface area (Å²) in [5, 5.41) is 4.43. The fraction of sp³-hybridized carbons (Fsp3) is 0.125. The first kappa shape index (κ1) is 13.8. The Hall–Kier alpha value is -2.14. The molecule has 3 N–H and O–H groups in total. The van der Waals surface area contributed by atoms with E-state index in [1.807, 2.05) is 38.1 Å². The molecule has 5 heteroatoms. The number of nitrogens with one attached hydrogen (secondary N) is 1. The minimum atomic E-state index is 0.666. The van der Waals surface area contributed by atoms with Crippen LogP contribution in [0.15, 0.2) is 41.0 Å². The van der Waals surface area contributed by atoms with Crippen LogP contribution >= 0.6 is 15.9 Å². The SMILES string of the molecule is Cc1ccc2cccc(Nc3ncc(N)c(C)c3Br)c2n1. The molecular formula is C16H15BrN4. The number of anilines is 3. The summed E-state index contributed by atoms with van der Waals surface area (Å²) < 4.78 is 0.868. The Kier molecular flexibility index (Phi) is 3.51. The van der Waals surface area contributed by atoms with Gasteiger partial charge in [0.2, 0.25) is 0 Å². The molecule has 0 spiro atoms. The Balaban J connectivity index is 2.10. The van der Waals surface area contributed by atoms with Gasteiger partial charge in [-0.25, -0.2) is 4.98 Å². The van der Waals surface area contributed by atoms with Gasteiger partial charge in [-0.15, -0.1) is 0 Å². The first-order valence-corrected chi connectivity index (χ1v) is 7.39. The third kappa shape index (κ3) is 2.56. The summed E-state index contributed by atoms with van der Waals surface area (Å²) >= 11 is 3.54. The number of nitrogens with zero attached hydrogens (tertiary/aromatic N) is 2. The van der Waals surface area contributed by atoms with E-state index in [-0.39, 0.29) is 0 Å². The van der Waals surface area contributed by atoms with Gasteiger partial charge in [0.15, 0.2) is 0 Å². The van der Waals surface area contributed by atoms with Crippen molar-refractivity contribution in [2.45, 2.75) is 13.8 Å². The number of para-hydroxylation sites is 1. The lowest BCUT2D eigenvalue weighted by molar-refractivity contribution is 1.24. The molecule has 0 atom stereocenters. The highest BCUT2D eigenvalue weighted by molar-refractivity contribution is 9.10. The number of hydrogen-bond donors (Lipinski definition) is 2. The van der Waals surface area contributed by atoms with Gasteiger partial charge >= 0.3 is 0 Å². The summed E-state index contributed by atoms with van der Waals surface area (Å²) in [7, 11) is 0. The lowest BCUT2D eigenvalue weighted by Gasteiger charge is -2.12. The average Bonchev–Trinajstić information content (AvgIpc) is 2.48. The van der Waals surface area contributed by atoms with E-state index in [0.29, 0.717) is 5.69 Å². The summed E-state index contributed by atoms with van der Waals surface area (Å²) in [6, 6.07) is 10.1. The standard InChI is InChI=1S/C16H15BrN4/c1-9-6-7-11-4-3-5-13(15(11)20-9)21-16-14(17)10(2)12(18)8-19-16/h3-8H,18H2,1-2H3,(H,19,21). The van der Waals surface area contributed by atoms with Crippen LogP contribution < -0.4 is 11.1 Å². The van der Waals surface area contributed by atoms with Crippen LogP contribution in [-0.2, 0) is 0 Å². The molecule has 3 aromatic rings. The normalized spacial score (nSPS) is 10.8. The number of halogens is 1. The first-order valence-electron chi connectivity index (χ1n) is 6.60. The highest BCUT2D eigenvalue weighted by Gasteiger charge is 2.10. The molecule has 2 heterocycles. The Bertz CT molecular complexity index is 830. The molecule has 0 fully saturated rings. The third-order valence-electron chi connectivity index (χ3n) is 3.42. The number of aromatic nitrogens is 2. The lowest BCUT2D eigenvalue weighted by atomic mass is 10.1. The smallest absolute Gasteiger partial charge is 0.145 e. The Morgan fingerprint density at radius 1 is 1.14 bits per heavy atom. The Morgan fingerprint density at radius 3 is 2.76 bits per heavy atom. The summed E-state index contributed by atoms with van der Waals surface area (Å²) in [6.45, 7) is 3.94. The second kappa shape index (κ2) is 5.33. The molecule has 21 heavy (non-hydrogen) atoms. The van der Waals surface area contributed by atoms with E-state index in [1.165, 1.54) is 0 Å². The average molecular weight is 343 g/mol. The zero-order valence-corrected chi connectivity index (χ0v) is 13.4. The number of hydrogen-bond acceptors (Lipinski definition) is 4. The maximum atomic E-state index is 5.86. The summed E-state index contributed by atoms with van der Waals surface area (Å²) in [5.74, 6) is 0.734. The second-order valence-corrected chi connectivity index (χ2v) is 5.75. The molecule has 0 saturated carbocycles. The van der Waals surface area contributed by atoms with Crippen molar-refractivity contribution in [3.8, 4) is 0 Å². The number of pyridine rings is 2. The van der Waals surface area contributed by atoms with Crippen molar-refractivity contribution >= 4 is 44.0 Å². The molecule has 1 aromatic carbocycles. The quantitative estimate of drug-likeness (QED) is 0.727. The number of aryl methyl sites for hydroxylation is 1. The summed E-state index contributed by atoms with van der Waals surface area (Å²) in [6.07, 6.45) is 1.66. The van der Waals surface area contributed by atoms with E-state index < -0.39 is 0 Å². The molecule has 0 amide bonds. The molecule has 0 aliphatic carbocycles. The maximum Gasteiger partial charge on any atom is 0.145 e. The minimum absolute atomic E-state index is 0.666. The monoisotopic (exact) mass is 342 g/mol. The molecule has 0 bridgehead atoms. The van der Waals surface area contributed by atoms with E-state index in [1.54, 1.807) is 6.20 Å². The van der Waals surface area contributed by atoms with E-state index >= 15 is 0 Å². The van der Waals surface area contributed by atoms with Gasteiger partial charge in [0.05, 0.1) is 27.6 Å². The van der Waals surface area contributed by atoms with Gasteiger partial charge in [0, 0.05) is 11.1 Å². The van der Waals surface area contributed by atoms with Crippen LogP contribution in [0.1, 0.15) is 11.3 Å². The van der Waals surface area contributed by atoms with Crippen molar-refractivity contribution in [3.05, 3.63) is 52.3 Å². The van der Waals surface area contributed by atoms with Crippen molar-refractivity contribution in [1.82, 2.24) is 9.97 Å². The van der Waals surface area contributed by atoms with Gasteiger partial charge in [-0.05, 0) is 47.5 Å². The van der Waals surface area contributed by atoms with Gasteiger partial charge in [0.1, 0.15) is 5.82 Å². The van der Waals surface area contributed by atoms with Crippen molar-refractivity contribution in [3.63, 3.8) is 0 Å². The largest absolute Gasteiger partial charge is 0.397 e. The Morgan fingerprint density at radius 2 is 1.95 bits per heavy atom. The molecule has 106 valence electrons. The van der Waals surface area contributed by atoms with Crippen molar-refractivity contribution in [2.75, 3.05) is 11.1 Å². The summed E-state index contributed by atoms with van der Waals surface area (Å²) in [4.78, 5) is 8.96. The maximum absolute atomic E-state index is 5.86. The van der Waals surface area contributed by atoms with Gasteiger partial charge in [-0.2, -0.15) is 0 Å². The lowest BCUT2D eigenvalue weighted by Crippen LogP contribution is -2.00. The second-order valence-electron chi connectivity index (χ2n) is 4.96. The van der Waals surface area contributed by atoms with E-state index in [4.69, 9.17) is 5.73 Å². The zero-order chi connectivity index (χ0) is 15.0. The Labute approximate surface area is 131 Å². The van der Waals surface area contributed by atoms with Gasteiger partial charge in [0.25, 0.3) is 0 Å². The van der Waals surface area contributed by atoms with Crippen molar-refractivity contribution < 1.29 is 0 Å². The summed E-state index contributed by atoms with van der Waals surface area (Å²) in [5.41, 5.74) is 10.3. The van der Waals surface area contributed by atoms with E-state index in [9.17, 15) is 0 Å². The number of nitrogens with two attached hydrogens (primary N) is 1. The third-order valence-corrected chi connectivity index (χ3v) is 4.39. The predicted molar refractivity (Wildman–Crippen MR) is 90.8 cm³/mol. The van der Waals surface area contributed by atoms with E-state index in [2.05, 4.69) is 37.3 Å². The van der Waals surface area contributed by atoms with Crippen LogP contribution in [0.3, 0.4) is 0 Å². The molecule has 3 rings (SSSR count). The van der Waals surface area contributed by atoms with Crippen molar-refractivity contribution in [2.24, 2.45) is 0 Å². The topological polar surface area (TPSA) is 63.8 Å². The van der Waals surface area contributed by atoms with Crippen LogP contribution in [0.25, 0.3) is 10.9 Å². The highest BCUT2D eigenvalue weighted by Crippen LogP contribution is 2.31. The van der Waals surface area contributed by atoms with E-state index in [0.717, 1.165) is 38.1 Å². The van der Waals surface area contributed by atoms with Crippen LogP contribution in [0.4, 0.5) is 17.2 Å². The molecule has 2 aromatic heterocycles. The van der Waals surface area contributed by atoms with Crippen molar-refractivity contribution in [1.29, 1.82) is 0 Å². The number of fused-ring (bicyclic) bond motifs is 1. The number of rotatable bonds is 2. The molecule has 4 nitrogen and oxygen atoms in total. The first-order chi connectivity index (χ1) is 10.1. The number of nitrogen functional groups attached to an aromatic ring is 1. The fourth-order valence-electron chi connectivity index (χ4n) is 2.15. The van der Waals surface area contributed by atoms with Gasteiger partial charge in [-0.3, -0.25) is 4.98 Å². The highest BCUT2D eigenvalue weighted by atomic mass is 79.9. The van der Waals surface area contributed by atoms with Crippen LogP contribution in [0.5, 0.6) is 0 Å². The molecular weight excluding hydrogens is 328 g/mol. The molecule has 0 saturated heterocycles. The minimum Gasteiger partial charge on any atom is -0.397 e. The van der Waals surface area contributed by atoms with Crippen LogP contribution in [0, 0.1) is 13.8 Å². The predicted octanol–water partition coefficient (Wildman–Crippen LogP) is 4.33. The zero-order valence-electron chi connectivity index (χ0n) is 11.8. The fourth-order valence-corrected chi connectivity index (χ4v) is 2.58.